The maximum absolute atomic E-state index is 13.3. The number of amides is 1. The Hall–Kier alpha value is -4.14. The monoisotopic (exact) mass is 493 g/mol. The van der Waals surface area contributed by atoms with Crippen LogP contribution in [0.3, 0.4) is 0 Å². The molecule has 3 aromatic carbocycles. The Morgan fingerprint density at radius 1 is 0.972 bits per heavy atom. The average molecular weight is 493 g/mol. The van der Waals surface area contributed by atoms with E-state index in [1.165, 1.54) is 23.1 Å². The highest BCUT2D eigenvalue weighted by Gasteiger charge is 2.37. The number of ether oxygens (including phenoxy) is 1. The molecule has 0 aliphatic carbocycles. The number of carbonyl (C=O) groups is 1. The van der Waals surface area contributed by atoms with E-state index in [4.69, 9.17) is 9.26 Å². The summed E-state index contributed by atoms with van der Waals surface area (Å²) in [5.74, 6) is 0.715. The lowest BCUT2D eigenvalue weighted by atomic mass is 10.1. The third kappa shape index (κ3) is 5.25. The number of aromatic nitrogens is 2. The van der Waals surface area contributed by atoms with E-state index in [0.29, 0.717) is 18.2 Å². The minimum atomic E-state index is -4.48. The minimum Gasteiger partial charge on any atom is -0.489 e. The second kappa shape index (κ2) is 9.85. The van der Waals surface area contributed by atoms with Crippen LogP contribution in [-0.4, -0.2) is 27.5 Å². The summed E-state index contributed by atoms with van der Waals surface area (Å²) in [5.41, 5.74) is 1.10. The number of nitrogens with zero attached hydrogens (tertiary/aromatic N) is 3. The summed E-state index contributed by atoms with van der Waals surface area (Å²) >= 11 is 0. The minimum absolute atomic E-state index is 0.0554. The smallest absolute Gasteiger partial charge is 0.416 e. The zero-order chi connectivity index (χ0) is 25.1. The molecule has 6 nitrogen and oxygen atoms in total. The van der Waals surface area contributed by atoms with E-state index in [1.54, 1.807) is 0 Å². The van der Waals surface area contributed by atoms with Crippen molar-refractivity contribution < 1.29 is 27.2 Å². The predicted octanol–water partition coefficient (Wildman–Crippen LogP) is 5.85. The van der Waals surface area contributed by atoms with Gasteiger partial charge in [-0.25, -0.2) is 0 Å². The number of carbonyl (C=O) groups excluding carboxylic acids is 1. The lowest BCUT2D eigenvalue weighted by molar-refractivity contribution is -0.139. The van der Waals surface area contributed by atoms with Gasteiger partial charge in [0.2, 0.25) is 17.6 Å². The molecular weight excluding hydrogens is 471 g/mol. The molecule has 1 amide bonds. The van der Waals surface area contributed by atoms with Gasteiger partial charge >= 0.3 is 6.18 Å². The topological polar surface area (TPSA) is 68.5 Å². The SMILES string of the molecule is O=C1CC(c2nc(-c3ccc(OCc4ccccc4)cc3)no2)CN1Cc1ccccc1C(F)(F)F. The Labute approximate surface area is 205 Å². The summed E-state index contributed by atoms with van der Waals surface area (Å²) in [6.07, 6.45) is -4.38. The maximum Gasteiger partial charge on any atom is 0.416 e. The normalized spacial score (nSPS) is 15.9. The van der Waals surface area contributed by atoms with Gasteiger partial charge in [-0.2, -0.15) is 18.2 Å². The lowest BCUT2D eigenvalue weighted by Gasteiger charge is -2.19. The van der Waals surface area contributed by atoms with Gasteiger partial charge in [0, 0.05) is 25.1 Å². The molecule has 0 saturated carbocycles. The summed E-state index contributed by atoms with van der Waals surface area (Å²) in [6.45, 7) is 0.529. The fourth-order valence-corrected chi connectivity index (χ4v) is 4.19. The zero-order valence-electron chi connectivity index (χ0n) is 19.1. The number of halogens is 3. The molecule has 1 fully saturated rings. The first kappa shape index (κ1) is 23.6. The van der Waals surface area contributed by atoms with Crippen molar-refractivity contribution in [2.45, 2.75) is 31.7 Å². The Morgan fingerprint density at radius 2 is 1.69 bits per heavy atom. The third-order valence-electron chi connectivity index (χ3n) is 6.05. The van der Waals surface area contributed by atoms with Crippen LogP contribution in [0.4, 0.5) is 13.2 Å². The molecule has 1 aliphatic heterocycles. The average Bonchev–Trinajstić information content (AvgIpc) is 3.51. The second-order valence-corrected chi connectivity index (χ2v) is 8.59. The van der Waals surface area contributed by atoms with Crippen LogP contribution in [0.15, 0.2) is 83.4 Å². The van der Waals surface area contributed by atoms with Gasteiger partial charge in [-0.1, -0.05) is 53.7 Å². The molecule has 9 heteroatoms. The van der Waals surface area contributed by atoms with Gasteiger partial charge in [-0.15, -0.1) is 0 Å². The van der Waals surface area contributed by atoms with Crippen molar-refractivity contribution in [3.63, 3.8) is 0 Å². The lowest BCUT2D eigenvalue weighted by Crippen LogP contribution is -2.26. The van der Waals surface area contributed by atoms with Crippen molar-refractivity contribution >= 4 is 5.91 Å². The van der Waals surface area contributed by atoms with E-state index in [0.717, 1.165) is 17.2 Å². The molecule has 4 aromatic rings. The van der Waals surface area contributed by atoms with Crippen molar-refractivity contribution in [3.05, 3.63) is 101 Å². The maximum atomic E-state index is 13.3. The molecule has 0 N–H and O–H groups in total. The fraction of sp³-hybridized carbons (Fsp3) is 0.222. The van der Waals surface area contributed by atoms with Gasteiger partial charge in [-0.3, -0.25) is 4.79 Å². The van der Waals surface area contributed by atoms with Crippen LogP contribution in [0.2, 0.25) is 0 Å². The van der Waals surface area contributed by atoms with Crippen LogP contribution < -0.4 is 4.74 Å². The third-order valence-corrected chi connectivity index (χ3v) is 6.05. The largest absolute Gasteiger partial charge is 0.489 e. The van der Waals surface area contributed by atoms with Crippen LogP contribution in [-0.2, 0) is 24.1 Å². The van der Waals surface area contributed by atoms with Crippen molar-refractivity contribution in [1.82, 2.24) is 15.0 Å². The van der Waals surface area contributed by atoms with Crippen molar-refractivity contribution in [3.8, 4) is 17.1 Å². The molecule has 184 valence electrons. The van der Waals surface area contributed by atoms with Crippen LogP contribution in [0.1, 0.15) is 34.9 Å². The van der Waals surface area contributed by atoms with E-state index in [1.807, 2.05) is 54.6 Å². The predicted molar refractivity (Wildman–Crippen MR) is 125 cm³/mol. The second-order valence-electron chi connectivity index (χ2n) is 8.59. The van der Waals surface area contributed by atoms with Crippen molar-refractivity contribution in [2.75, 3.05) is 6.54 Å². The fourth-order valence-electron chi connectivity index (χ4n) is 4.19. The van der Waals surface area contributed by atoms with E-state index in [2.05, 4.69) is 10.1 Å². The molecule has 0 bridgehead atoms. The molecule has 0 radical (unpaired) electrons. The zero-order valence-corrected chi connectivity index (χ0v) is 19.1. The highest BCUT2D eigenvalue weighted by Crippen LogP contribution is 2.35. The first-order valence-corrected chi connectivity index (χ1v) is 11.4. The standard InChI is InChI=1S/C27H22F3N3O3/c28-27(29,30)23-9-5-4-8-20(23)15-33-16-21(14-24(33)34)26-31-25(32-36-26)19-10-12-22(13-11-19)35-17-18-6-2-1-3-7-18/h1-13,21H,14-17H2. The summed E-state index contributed by atoms with van der Waals surface area (Å²) < 4.78 is 51.2. The van der Waals surface area contributed by atoms with E-state index >= 15 is 0 Å². The Morgan fingerprint density at radius 3 is 2.44 bits per heavy atom. The van der Waals surface area contributed by atoms with Gasteiger partial charge in [0.05, 0.1) is 11.5 Å². The Kier molecular flexibility index (Phi) is 6.45. The molecule has 0 spiro atoms. The molecule has 1 saturated heterocycles. The number of likely N-dealkylation sites (tertiary alicyclic amines) is 1. The van der Waals surface area contributed by atoms with Crippen LogP contribution >= 0.6 is 0 Å². The van der Waals surface area contributed by atoms with Gasteiger partial charge in [0.25, 0.3) is 0 Å². The number of rotatable bonds is 7. The summed E-state index contributed by atoms with van der Waals surface area (Å²) in [5, 5.41) is 4.03. The number of alkyl halides is 3. The van der Waals surface area contributed by atoms with Crippen LogP contribution in [0.25, 0.3) is 11.4 Å². The van der Waals surface area contributed by atoms with E-state index < -0.39 is 11.7 Å². The van der Waals surface area contributed by atoms with Crippen LogP contribution in [0.5, 0.6) is 5.75 Å². The molecule has 5 rings (SSSR count). The molecular formula is C27H22F3N3O3. The van der Waals surface area contributed by atoms with Crippen LogP contribution in [0, 0.1) is 0 Å². The van der Waals surface area contributed by atoms with Gasteiger partial charge in [0.15, 0.2) is 0 Å². The molecule has 1 atom stereocenters. The van der Waals surface area contributed by atoms with Crippen molar-refractivity contribution in [1.29, 1.82) is 0 Å². The summed E-state index contributed by atoms with van der Waals surface area (Å²) in [7, 11) is 0. The Balaban J connectivity index is 1.23. The molecule has 36 heavy (non-hydrogen) atoms. The first-order chi connectivity index (χ1) is 17.4. The number of hydrogen-bond acceptors (Lipinski definition) is 5. The molecule has 1 aliphatic rings. The molecule has 2 heterocycles. The molecule has 1 aromatic heterocycles. The van der Waals surface area contributed by atoms with Gasteiger partial charge in [-0.05, 0) is 41.5 Å². The van der Waals surface area contributed by atoms with E-state index in [9.17, 15) is 18.0 Å². The number of benzene rings is 3. The Bertz CT molecular complexity index is 1340. The summed E-state index contributed by atoms with van der Waals surface area (Å²) in [6, 6.07) is 22.4. The molecule has 1 unspecified atom stereocenters. The summed E-state index contributed by atoms with van der Waals surface area (Å²) in [4.78, 5) is 18.4. The number of hydrogen-bond donors (Lipinski definition) is 0. The van der Waals surface area contributed by atoms with Gasteiger partial charge < -0.3 is 14.2 Å². The van der Waals surface area contributed by atoms with E-state index in [-0.39, 0.29) is 42.8 Å². The highest BCUT2D eigenvalue weighted by atomic mass is 19.4. The highest BCUT2D eigenvalue weighted by molar-refractivity contribution is 5.79. The van der Waals surface area contributed by atoms with Gasteiger partial charge in [0.1, 0.15) is 12.4 Å². The first-order valence-electron chi connectivity index (χ1n) is 11.4. The quantitative estimate of drug-likeness (QED) is 0.323. The van der Waals surface area contributed by atoms with Crippen molar-refractivity contribution in [2.24, 2.45) is 0 Å².